The Balaban J connectivity index is 2.09. The van der Waals surface area contributed by atoms with E-state index in [0.717, 1.165) is 19.6 Å². The van der Waals surface area contributed by atoms with Crippen molar-refractivity contribution in [2.24, 2.45) is 5.73 Å². The van der Waals surface area contributed by atoms with Gasteiger partial charge in [-0.2, -0.15) is 0 Å². The van der Waals surface area contributed by atoms with Crippen LogP contribution >= 0.6 is 0 Å². The number of nitrogens with two attached hydrogens (primary N) is 1. The van der Waals surface area contributed by atoms with Gasteiger partial charge in [0.1, 0.15) is 0 Å². The van der Waals surface area contributed by atoms with E-state index in [0.29, 0.717) is 18.1 Å². The van der Waals surface area contributed by atoms with Crippen LogP contribution in [0.5, 0.6) is 0 Å². The molecule has 0 saturated heterocycles. The van der Waals surface area contributed by atoms with Crippen LogP contribution in [0.3, 0.4) is 0 Å². The molecule has 0 aliphatic heterocycles. The highest BCUT2D eigenvalue weighted by molar-refractivity contribution is 4.84. The van der Waals surface area contributed by atoms with Gasteiger partial charge in [0.2, 0.25) is 0 Å². The average molecular weight is 186 g/mol. The molecule has 1 rings (SSSR count). The predicted octanol–water partition coefficient (Wildman–Crippen LogP) is 0.881. The second-order valence-corrected chi connectivity index (χ2v) is 4.00. The van der Waals surface area contributed by atoms with Crippen LogP contribution in [0.1, 0.15) is 33.1 Å². The lowest BCUT2D eigenvalue weighted by Gasteiger charge is -2.18. The van der Waals surface area contributed by atoms with E-state index in [4.69, 9.17) is 10.5 Å². The monoisotopic (exact) mass is 186 g/mol. The van der Waals surface area contributed by atoms with E-state index in [1.54, 1.807) is 0 Å². The Morgan fingerprint density at radius 3 is 2.85 bits per heavy atom. The van der Waals surface area contributed by atoms with Gasteiger partial charge in [0, 0.05) is 24.7 Å². The molecule has 78 valence electrons. The van der Waals surface area contributed by atoms with Crippen LogP contribution in [0.4, 0.5) is 0 Å². The molecule has 13 heavy (non-hydrogen) atoms. The Kier molecular flexibility index (Phi) is 4.70. The van der Waals surface area contributed by atoms with Gasteiger partial charge in [-0.05, 0) is 33.1 Å². The standard InChI is InChI=1S/C10H22N2O/c1-3-13-7-8(2)12-10-5-4-9(11)6-10/h8-10,12H,3-7,11H2,1-2H3. The van der Waals surface area contributed by atoms with Crippen LogP contribution in [0.2, 0.25) is 0 Å². The van der Waals surface area contributed by atoms with Crippen molar-refractivity contribution in [3.63, 3.8) is 0 Å². The normalized spacial score (nSPS) is 30.7. The van der Waals surface area contributed by atoms with Crippen molar-refractivity contribution in [2.75, 3.05) is 13.2 Å². The third-order valence-corrected chi connectivity index (χ3v) is 2.57. The van der Waals surface area contributed by atoms with Gasteiger partial charge in [0.15, 0.2) is 0 Å². The Morgan fingerprint density at radius 2 is 2.31 bits per heavy atom. The molecule has 1 aliphatic rings. The Morgan fingerprint density at radius 1 is 1.54 bits per heavy atom. The van der Waals surface area contributed by atoms with Gasteiger partial charge in [-0.3, -0.25) is 0 Å². The number of nitrogens with one attached hydrogen (secondary N) is 1. The number of rotatable bonds is 5. The second kappa shape index (κ2) is 5.58. The molecule has 1 fully saturated rings. The minimum absolute atomic E-state index is 0.414. The van der Waals surface area contributed by atoms with Crippen LogP contribution in [-0.2, 0) is 4.74 Å². The number of hydrogen-bond donors (Lipinski definition) is 2. The van der Waals surface area contributed by atoms with Crippen molar-refractivity contribution < 1.29 is 4.74 Å². The molecule has 3 nitrogen and oxygen atoms in total. The zero-order valence-electron chi connectivity index (χ0n) is 8.75. The van der Waals surface area contributed by atoms with E-state index >= 15 is 0 Å². The van der Waals surface area contributed by atoms with E-state index in [1.165, 1.54) is 12.8 Å². The summed E-state index contributed by atoms with van der Waals surface area (Å²) in [6, 6.07) is 1.48. The molecular formula is C10H22N2O. The predicted molar refractivity (Wildman–Crippen MR) is 54.7 cm³/mol. The topological polar surface area (TPSA) is 47.3 Å². The summed E-state index contributed by atoms with van der Waals surface area (Å²) in [5, 5.41) is 3.54. The zero-order valence-corrected chi connectivity index (χ0v) is 8.75. The third-order valence-electron chi connectivity index (χ3n) is 2.57. The highest BCUT2D eigenvalue weighted by Crippen LogP contribution is 2.17. The van der Waals surface area contributed by atoms with Crippen molar-refractivity contribution >= 4 is 0 Å². The SMILES string of the molecule is CCOCC(C)NC1CCC(N)C1. The van der Waals surface area contributed by atoms with E-state index in [1.807, 2.05) is 6.92 Å². The smallest absolute Gasteiger partial charge is 0.0616 e. The first-order valence-electron chi connectivity index (χ1n) is 5.31. The molecule has 0 heterocycles. The van der Waals surface area contributed by atoms with E-state index in [-0.39, 0.29) is 0 Å². The summed E-state index contributed by atoms with van der Waals surface area (Å²) in [4.78, 5) is 0. The average Bonchev–Trinajstić information content (AvgIpc) is 2.48. The van der Waals surface area contributed by atoms with Crippen LogP contribution in [-0.4, -0.2) is 31.3 Å². The van der Waals surface area contributed by atoms with Crippen molar-refractivity contribution in [1.29, 1.82) is 0 Å². The summed E-state index contributed by atoms with van der Waals surface area (Å²) < 4.78 is 5.34. The lowest BCUT2D eigenvalue weighted by molar-refractivity contribution is 0.123. The minimum atomic E-state index is 0.414. The molecule has 0 aromatic rings. The van der Waals surface area contributed by atoms with Gasteiger partial charge >= 0.3 is 0 Å². The van der Waals surface area contributed by atoms with Crippen molar-refractivity contribution in [1.82, 2.24) is 5.32 Å². The molecule has 3 atom stereocenters. The quantitative estimate of drug-likeness (QED) is 0.670. The molecule has 3 heteroatoms. The molecular weight excluding hydrogens is 164 g/mol. The fourth-order valence-electron chi connectivity index (χ4n) is 1.91. The maximum Gasteiger partial charge on any atom is 0.0616 e. The first kappa shape index (κ1) is 11.0. The maximum atomic E-state index is 5.83. The van der Waals surface area contributed by atoms with Gasteiger partial charge < -0.3 is 15.8 Å². The summed E-state index contributed by atoms with van der Waals surface area (Å²) >= 11 is 0. The molecule has 3 unspecified atom stereocenters. The van der Waals surface area contributed by atoms with Crippen molar-refractivity contribution in [3.05, 3.63) is 0 Å². The van der Waals surface area contributed by atoms with Gasteiger partial charge in [-0.1, -0.05) is 0 Å². The Hall–Kier alpha value is -0.120. The van der Waals surface area contributed by atoms with E-state index in [2.05, 4.69) is 12.2 Å². The zero-order chi connectivity index (χ0) is 9.68. The summed E-state index contributed by atoms with van der Waals surface area (Å²) in [5.41, 5.74) is 5.83. The number of ether oxygens (including phenoxy) is 1. The third kappa shape index (κ3) is 4.07. The van der Waals surface area contributed by atoms with Crippen molar-refractivity contribution in [3.8, 4) is 0 Å². The molecule has 3 N–H and O–H groups in total. The highest BCUT2D eigenvalue weighted by atomic mass is 16.5. The molecule has 0 spiro atoms. The minimum Gasteiger partial charge on any atom is -0.380 e. The highest BCUT2D eigenvalue weighted by Gasteiger charge is 2.22. The van der Waals surface area contributed by atoms with Gasteiger partial charge in [-0.15, -0.1) is 0 Å². The molecule has 1 aliphatic carbocycles. The fraction of sp³-hybridized carbons (Fsp3) is 1.00. The lowest BCUT2D eigenvalue weighted by Crippen LogP contribution is -2.38. The summed E-state index contributed by atoms with van der Waals surface area (Å²) in [6.07, 6.45) is 3.51. The van der Waals surface area contributed by atoms with E-state index < -0.39 is 0 Å². The first-order valence-corrected chi connectivity index (χ1v) is 5.31. The molecule has 0 bridgehead atoms. The second-order valence-electron chi connectivity index (χ2n) is 4.00. The molecule has 0 amide bonds. The fourth-order valence-corrected chi connectivity index (χ4v) is 1.91. The molecule has 0 aromatic heterocycles. The Labute approximate surface area is 81.0 Å². The summed E-state index contributed by atoms with van der Waals surface area (Å²) in [7, 11) is 0. The van der Waals surface area contributed by atoms with Gasteiger partial charge in [0.25, 0.3) is 0 Å². The van der Waals surface area contributed by atoms with Crippen LogP contribution in [0.25, 0.3) is 0 Å². The Bertz CT molecular complexity index is 141. The lowest BCUT2D eigenvalue weighted by atomic mass is 10.2. The van der Waals surface area contributed by atoms with E-state index in [9.17, 15) is 0 Å². The van der Waals surface area contributed by atoms with Crippen LogP contribution in [0, 0.1) is 0 Å². The van der Waals surface area contributed by atoms with Crippen LogP contribution in [0.15, 0.2) is 0 Å². The molecule has 0 radical (unpaired) electrons. The van der Waals surface area contributed by atoms with Crippen molar-refractivity contribution in [2.45, 2.75) is 51.2 Å². The first-order chi connectivity index (χ1) is 6.22. The molecule has 1 saturated carbocycles. The summed E-state index contributed by atoms with van der Waals surface area (Å²) in [6.45, 7) is 5.80. The summed E-state index contributed by atoms with van der Waals surface area (Å²) in [5.74, 6) is 0. The van der Waals surface area contributed by atoms with Crippen LogP contribution < -0.4 is 11.1 Å². The van der Waals surface area contributed by atoms with Gasteiger partial charge in [0.05, 0.1) is 6.61 Å². The largest absolute Gasteiger partial charge is 0.380 e. The number of hydrogen-bond acceptors (Lipinski definition) is 3. The van der Waals surface area contributed by atoms with Gasteiger partial charge in [-0.25, -0.2) is 0 Å². The maximum absolute atomic E-state index is 5.83. The molecule has 0 aromatic carbocycles.